The molecule has 1 amide bonds. The van der Waals surface area contributed by atoms with Crippen molar-refractivity contribution in [2.75, 3.05) is 25.0 Å². The van der Waals surface area contributed by atoms with Crippen molar-refractivity contribution in [2.45, 2.75) is 26.2 Å². The molecule has 1 fully saturated rings. The van der Waals surface area contributed by atoms with Crippen LogP contribution >= 0.6 is 0 Å². The van der Waals surface area contributed by atoms with E-state index in [9.17, 15) is 9.59 Å². The van der Waals surface area contributed by atoms with Crippen LogP contribution in [-0.2, 0) is 4.79 Å². The predicted octanol–water partition coefficient (Wildman–Crippen LogP) is 2.12. The molecule has 1 aliphatic heterocycles. The molecule has 0 spiro atoms. The highest BCUT2D eigenvalue weighted by atomic mass is 16.4. The molecule has 5 nitrogen and oxygen atoms in total. The fraction of sp³-hybridized carbons (Fsp3) is 0.467. The number of aryl methyl sites for hydroxylation is 1. The molecule has 0 saturated carbocycles. The van der Waals surface area contributed by atoms with Gasteiger partial charge in [0, 0.05) is 31.7 Å². The maximum atomic E-state index is 11.9. The van der Waals surface area contributed by atoms with Crippen molar-refractivity contribution in [3.63, 3.8) is 0 Å². The van der Waals surface area contributed by atoms with Crippen LogP contribution < -0.4 is 5.32 Å². The van der Waals surface area contributed by atoms with Crippen LogP contribution in [0.25, 0.3) is 0 Å². The molecule has 1 saturated heterocycles. The number of nitrogens with one attached hydrogen (secondary N) is 1. The molecule has 108 valence electrons. The zero-order valence-electron chi connectivity index (χ0n) is 11.7. The minimum Gasteiger partial charge on any atom is -0.478 e. The molecule has 2 N–H and O–H groups in total. The second-order valence-corrected chi connectivity index (χ2v) is 5.10. The maximum absolute atomic E-state index is 11.9. The number of hydrogen-bond acceptors (Lipinski definition) is 3. The van der Waals surface area contributed by atoms with E-state index in [1.54, 1.807) is 25.1 Å². The van der Waals surface area contributed by atoms with E-state index < -0.39 is 5.97 Å². The number of anilines is 1. The van der Waals surface area contributed by atoms with Gasteiger partial charge in [-0.3, -0.25) is 4.79 Å². The number of nitrogens with zero attached hydrogens (tertiary/aromatic N) is 1. The van der Waals surface area contributed by atoms with Crippen molar-refractivity contribution >= 4 is 17.6 Å². The van der Waals surface area contributed by atoms with Crippen molar-refractivity contribution in [1.29, 1.82) is 0 Å². The lowest BCUT2D eigenvalue weighted by molar-refractivity contribution is -0.129. The Hall–Kier alpha value is -2.04. The summed E-state index contributed by atoms with van der Waals surface area (Å²) >= 11 is 0. The third kappa shape index (κ3) is 3.50. The predicted molar refractivity (Wildman–Crippen MR) is 77.1 cm³/mol. The minimum absolute atomic E-state index is 0.189. The van der Waals surface area contributed by atoms with Crippen molar-refractivity contribution < 1.29 is 14.7 Å². The highest BCUT2D eigenvalue weighted by Gasteiger charge is 2.17. The van der Waals surface area contributed by atoms with E-state index in [-0.39, 0.29) is 5.91 Å². The Labute approximate surface area is 118 Å². The molecule has 0 atom stereocenters. The van der Waals surface area contributed by atoms with Gasteiger partial charge in [0.2, 0.25) is 5.91 Å². The monoisotopic (exact) mass is 276 g/mol. The van der Waals surface area contributed by atoms with Crippen LogP contribution in [0, 0.1) is 6.92 Å². The van der Waals surface area contributed by atoms with E-state index in [0.717, 1.165) is 31.6 Å². The van der Waals surface area contributed by atoms with Gasteiger partial charge in [-0.1, -0.05) is 0 Å². The number of benzene rings is 1. The van der Waals surface area contributed by atoms with Gasteiger partial charge < -0.3 is 15.3 Å². The molecule has 0 aromatic heterocycles. The van der Waals surface area contributed by atoms with Crippen LogP contribution in [0.5, 0.6) is 0 Å². The average Bonchev–Trinajstić information content (AvgIpc) is 2.92. The summed E-state index contributed by atoms with van der Waals surface area (Å²) in [4.78, 5) is 24.7. The van der Waals surface area contributed by atoms with Crippen LogP contribution in [-0.4, -0.2) is 41.5 Å². The molecule has 0 aliphatic carbocycles. The number of carboxylic acid groups (broad SMARTS) is 1. The highest BCUT2D eigenvalue weighted by Crippen LogP contribution is 2.15. The summed E-state index contributed by atoms with van der Waals surface area (Å²) in [5.41, 5.74) is 1.87. The van der Waals surface area contributed by atoms with Crippen LogP contribution in [0.1, 0.15) is 35.2 Å². The van der Waals surface area contributed by atoms with Crippen molar-refractivity contribution in [3.05, 3.63) is 29.3 Å². The molecular weight excluding hydrogens is 256 g/mol. The van der Waals surface area contributed by atoms with Crippen molar-refractivity contribution in [3.8, 4) is 0 Å². The standard InChI is InChI=1S/C15H20N2O3/c1-11-10-12(4-5-13(11)15(19)20)16-7-6-14(18)17-8-2-3-9-17/h4-5,10,16H,2-3,6-9H2,1H3,(H,19,20). The van der Waals surface area contributed by atoms with E-state index in [2.05, 4.69) is 5.32 Å². The van der Waals surface area contributed by atoms with Crippen LogP contribution in [0.2, 0.25) is 0 Å². The summed E-state index contributed by atoms with van der Waals surface area (Å²) in [6, 6.07) is 5.11. The van der Waals surface area contributed by atoms with E-state index in [0.29, 0.717) is 24.1 Å². The first-order chi connectivity index (χ1) is 9.58. The Morgan fingerprint density at radius 3 is 2.60 bits per heavy atom. The minimum atomic E-state index is -0.918. The maximum Gasteiger partial charge on any atom is 0.335 e. The quantitative estimate of drug-likeness (QED) is 0.864. The first-order valence-corrected chi connectivity index (χ1v) is 6.93. The van der Waals surface area contributed by atoms with Crippen LogP contribution in [0.3, 0.4) is 0 Å². The van der Waals surface area contributed by atoms with Gasteiger partial charge in [0.05, 0.1) is 5.56 Å². The molecule has 0 radical (unpaired) electrons. The van der Waals surface area contributed by atoms with Gasteiger partial charge in [-0.25, -0.2) is 4.79 Å². The van der Waals surface area contributed by atoms with Gasteiger partial charge in [0.15, 0.2) is 0 Å². The number of amides is 1. The van der Waals surface area contributed by atoms with Gasteiger partial charge in [-0.05, 0) is 43.5 Å². The Balaban J connectivity index is 1.83. The molecule has 2 rings (SSSR count). The molecular formula is C15H20N2O3. The van der Waals surface area contributed by atoms with Gasteiger partial charge in [0.1, 0.15) is 0 Å². The molecule has 0 bridgehead atoms. The van der Waals surface area contributed by atoms with E-state index in [1.807, 2.05) is 4.90 Å². The number of carbonyl (C=O) groups excluding carboxylic acids is 1. The Morgan fingerprint density at radius 1 is 1.30 bits per heavy atom. The van der Waals surface area contributed by atoms with Crippen molar-refractivity contribution in [1.82, 2.24) is 4.90 Å². The van der Waals surface area contributed by atoms with E-state index >= 15 is 0 Å². The smallest absolute Gasteiger partial charge is 0.335 e. The largest absolute Gasteiger partial charge is 0.478 e. The summed E-state index contributed by atoms with van der Waals surface area (Å²) in [6.07, 6.45) is 2.68. The SMILES string of the molecule is Cc1cc(NCCC(=O)N2CCCC2)ccc1C(=O)O. The normalized spacial score (nSPS) is 14.3. The summed E-state index contributed by atoms with van der Waals surface area (Å²) in [7, 11) is 0. The van der Waals surface area contributed by atoms with Gasteiger partial charge >= 0.3 is 5.97 Å². The molecule has 5 heteroatoms. The lowest BCUT2D eigenvalue weighted by atomic mass is 10.1. The van der Waals surface area contributed by atoms with Gasteiger partial charge in [-0.15, -0.1) is 0 Å². The number of carbonyl (C=O) groups is 2. The van der Waals surface area contributed by atoms with Gasteiger partial charge in [-0.2, -0.15) is 0 Å². The lowest BCUT2D eigenvalue weighted by Crippen LogP contribution is -2.29. The van der Waals surface area contributed by atoms with Crippen molar-refractivity contribution in [2.24, 2.45) is 0 Å². The van der Waals surface area contributed by atoms with Gasteiger partial charge in [0.25, 0.3) is 0 Å². The highest BCUT2D eigenvalue weighted by molar-refractivity contribution is 5.89. The topological polar surface area (TPSA) is 69.6 Å². The molecule has 1 aromatic carbocycles. The number of rotatable bonds is 5. The Kier molecular flexibility index (Phi) is 4.61. The van der Waals surface area contributed by atoms with E-state index in [4.69, 9.17) is 5.11 Å². The lowest BCUT2D eigenvalue weighted by Gasteiger charge is -2.15. The molecule has 1 aliphatic rings. The zero-order valence-corrected chi connectivity index (χ0v) is 11.7. The number of hydrogen-bond donors (Lipinski definition) is 2. The summed E-state index contributed by atoms with van der Waals surface area (Å²) in [6.45, 7) is 4.10. The fourth-order valence-corrected chi connectivity index (χ4v) is 2.45. The number of likely N-dealkylation sites (tertiary alicyclic amines) is 1. The second kappa shape index (κ2) is 6.41. The number of carboxylic acids is 1. The zero-order chi connectivity index (χ0) is 14.5. The second-order valence-electron chi connectivity index (χ2n) is 5.10. The van der Waals surface area contributed by atoms with Crippen LogP contribution in [0.4, 0.5) is 5.69 Å². The Morgan fingerprint density at radius 2 is 2.00 bits per heavy atom. The average molecular weight is 276 g/mol. The van der Waals surface area contributed by atoms with E-state index in [1.165, 1.54) is 0 Å². The Bertz CT molecular complexity index is 508. The van der Waals surface area contributed by atoms with Crippen LogP contribution in [0.15, 0.2) is 18.2 Å². The first-order valence-electron chi connectivity index (χ1n) is 6.93. The third-order valence-electron chi connectivity index (χ3n) is 3.58. The molecule has 1 aromatic rings. The first kappa shape index (κ1) is 14.4. The third-order valence-corrected chi connectivity index (χ3v) is 3.58. The number of aromatic carboxylic acids is 1. The molecule has 20 heavy (non-hydrogen) atoms. The molecule has 1 heterocycles. The fourth-order valence-electron chi connectivity index (χ4n) is 2.45. The molecule has 0 unspecified atom stereocenters. The summed E-state index contributed by atoms with van der Waals surface area (Å²) < 4.78 is 0. The summed E-state index contributed by atoms with van der Waals surface area (Å²) in [5.74, 6) is -0.730. The summed E-state index contributed by atoms with van der Waals surface area (Å²) in [5, 5.41) is 12.1.